The van der Waals surface area contributed by atoms with E-state index < -0.39 is 5.92 Å². The second-order valence-electron chi connectivity index (χ2n) is 7.25. The van der Waals surface area contributed by atoms with Crippen LogP contribution in [0.1, 0.15) is 30.7 Å². The van der Waals surface area contributed by atoms with Gasteiger partial charge in [-0.1, -0.05) is 42.5 Å². The predicted molar refractivity (Wildman–Crippen MR) is 105 cm³/mol. The fourth-order valence-corrected chi connectivity index (χ4v) is 4.25. The Morgan fingerprint density at radius 1 is 1.15 bits per heavy atom. The molecule has 0 saturated carbocycles. The van der Waals surface area contributed by atoms with Crippen LogP contribution in [0.2, 0.25) is 0 Å². The zero-order valence-corrected chi connectivity index (χ0v) is 15.6. The summed E-state index contributed by atoms with van der Waals surface area (Å²) in [6.07, 6.45) is 2.10. The van der Waals surface area contributed by atoms with Gasteiger partial charge in [-0.05, 0) is 29.2 Å². The average molecular weight is 358 g/mol. The van der Waals surface area contributed by atoms with E-state index in [9.17, 15) is 10.1 Å². The zero-order chi connectivity index (χ0) is 19.1. The molecule has 1 heterocycles. The maximum atomic E-state index is 12.9. The van der Waals surface area contributed by atoms with Gasteiger partial charge in [-0.2, -0.15) is 5.26 Å². The van der Waals surface area contributed by atoms with E-state index in [2.05, 4.69) is 18.2 Å². The summed E-state index contributed by atoms with van der Waals surface area (Å²) >= 11 is 0. The van der Waals surface area contributed by atoms with Crippen LogP contribution in [0.5, 0.6) is 0 Å². The number of carbonyl (C=O) groups is 1. The number of nitrogens with two attached hydrogens (primary N) is 1. The Morgan fingerprint density at radius 3 is 2.59 bits per heavy atom. The van der Waals surface area contributed by atoms with E-state index in [0.29, 0.717) is 17.8 Å². The minimum absolute atomic E-state index is 0.113. The molecule has 27 heavy (non-hydrogen) atoms. The highest BCUT2D eigenvalue weighted by Gasteiger charge is 2.40. The van der Waals surface area contributed by atoms with E-state index in [4.69, 9.17) is 5.73 Å². The van der Waals surface area contributed by atoms with Crippen molar-refractivity contribution in [2.45, 2.75) is 25.2 Å². The van der Waals surface area contributed by atoms with E-state index in [1.54, 1.807) is 0 Å². The van der Waals surface area contributed by atoms with Crippen molar-refractivity contribution in [2.75, 3.05) is 14.1 Å². The molecular weight excluding hydrogens is 336 g/mol. The first-order valence-corrected chi connectivity index (χ1v) is 9.15. The van der Waals surface area contributed by atoms with E-state index in [1.165, 1.54) is 0 Å². The van der Waals surface area contributed by atoms with Crippen molar-refractivity contribution in [1.29, 1.82) is 5.26 Å². The van der Waals surface area contributed by atoms with Gasteiger partial charge in [0.1, 0.15) is 5.82 Å². The fourth-order valence-electron chi connectivity index (χ4n) is 4.25. The second kappa shape index (κ2) is 6.57. The molecular formula is C22H22N4O. The Labute approximate surface area is 158 Å². The predicted octanol–water partition coefficient (Wildman–Crippen LogP) is 3.42. The Morgan fingerprint density at radius 2 is 1.89 bits per heavy atom. The third-order valence-electron chi connectivity index (χ3n) is 5.39. The van der Waals surface area contributed by atoms with Crippen LogP contribution in [-0.4, -0.2) is 29.9 Å². The van der Waals surface area contributed by atoms with Gasteiger partial charge < -0.3 is 5.73 Å². The summed E-state index contributed by atoms with van der Waals surface area (Å²) in [4.78, 5) is 12.9. The van der Waals surface area contributed by atoms with Gasteiger partial charge in [-0.15, -0.1) is 0 Å². The highest BCUT2D eigenvalue weighted by Crippen LogP contribution is 2.45. The van der Waals surface area contributed by atoms with Gasteiger partial charge >= 0.3 is 0 Å². The number of carbonyl (C=O) groups excluding carboxylic acids is 1. The van der Waals surface area contributed by atoms with E-state index in [0.717, 1.165) is 40.4 Å². The molecule has 1 aliphatic carbocycles. The molecule has 0 aromatic heterocycles. The number of hydrazine groups is 1. The van der Waals surface area contributed by atoms with Crippen LogP contribution in [0, 0.1) is 11.3 Å². The molecule has 1 atom stereocenters. The van der Waals surface area contributed by atoms with Gasteiger partial charge in [0.15, 0.2) is 5.78 Å². The van der Waals surface area contributed by atoms with E-state index in [-0.39, 0.29) is 5.78 Å². The molecule has 5 nitrogen and oxygen atoms in total. The second-order valence-corrected chi connectivity index (χ2v) is 7.25. The van der Waals surface area contributed by atoms with Gasteiger partial charge in [0.2, 0.25) is 0 Å². The van der Waals surface area contributed by atoms with Gasteiger partial charge in [0, 0.05) is 31.8 Å². The lowest BCUT2D eigenvalue weighted by Crippen LogP contribution is -2.45. The Balaban J connectivity index is 1.97. The van der Waals surface area contributed by atoms with Crippen molar-refractivity contribution >= 4 is 16.6 Å². The van der Waals surface area contributed by atoms with Crippen LogP contribution in [0.15, 0.2) is 65.1 Å². The van der Waals surface area contributed by atoms with Crippen LogP contribution in [0.3, 0.4) is 0 Å². The molecule has 1 aliphatic heterocycles. The van der Waals surface area contributed by atoms with Gasteiger partial charge in [0.25, 0.3) is 0 Å². The number of nitrogens with zero attached hydrogens (tertiary/aromatic N) is 3. The monoisotopic (exact) mass is 358 g/mol. The largest absolute Gasteiger partial charge is 0.383 e. The molecule has 2 aromatic carbocycles. The Kier molecular flexibility index (Phi) is 4.21. The highest BCUT2D eigenvalue weighted by atomic mass is 16.1. The summed E-state index contributed by atoms with van der Waals surface area (Å²) in [6.45, 7) is 0. The van der Waals surface area contributed by atoms with Crippen LogP contribution in [0.25, 0.3) is 10.8 Å². The van der Waals surface area contributed by atoms with Crippen molar-refractivity contribution in [3.05, 3.63) is 70.7 Å². The topological polar surface area (TPSA) is 73.4 Å². The molecule has 2 aliphatic rings. The number of fused-ring (bicyclic) bond motifs is 1. The molecule has 0 amide bonds. The highest BCUT2D eigenvalue weighted by molar-refractivity contribution is 6.00. The molecule has 0 spiro atoms. The maximum Gasteiger partial charge on any atom is 0.161 e. The normalized spacial score (nSPS) is 20.3. The van der Waals surface area contributed by atoms with Gasteiger partial charge in [-0.3, -0.25) is 9.80 Å². The summed E-state index contributed by atoms with van der Waals surface area (Å²) in [5, 5.41) is 15.8. The molecule has 5 heteroatoms. The molecule has 0 unspecified atom stereocenters. The summed E-state index contributed by atoms with van der Waals surface area (Å²) in [6, 6.07) is 16.5. The summed E-state index contributed by atoms with van der Waals surface area (Å²) in [7, 11) is 3.75. The first kappa shape index (κ1) is 17.3. The van der Waals surface area contributed by atoms with Crippen molar-refractivity contribution in [2.24, 2.45) is 5.73 Å². The van der Waals surface area contributed by atoms with Gasteiger partial charge in [-0.25, -0.2) is 5.01 Å². The van der Waals surface area contributed by atoms with Crippen LogP contribution >= 0.6 is 0 Å². The third-order valence-corrected chi connectivity index (χ3v) is 5.39. The number of hydrogen-bond acceptors (Lipinski definition) is 5. The first-order chi connectivity index (χ1) is 13.0. The van der Waals surface area contributed by atoms with E-state index in [1.807, 2.05) is 54.4 Å². The number of rotatable bonds is 2. The zero-order valence-electron chi connectivity index (χ0n) is 15.6. The number of allylic oxidation sites excluding steroid dienone is 3. The SMILES string of the molecule is CN(C)N1C(N)=C(C#N)[C@H](c2ccc3ccccc3c2)C2=C1CCCC2=O. The maximum absolute atomic E-state index is 12.9. The number of ketones is 1. The molecule has 0 saturated heterocycles. The molecule has 0 bridgehead atoms. The van der Waals surface area contributed by atoms with Gasteiger partial charge in [0.05, 0.1) is 17.6 Å². The van der Waals surface area contributed by atoms with Crippen LogP contribution < -0.4 is 5.73 Å². The minimum Gasteiger partial charge on any atom is -0.383 e. The van der Waals surface area contributed by atoms with Crippen LogP contribution in [0.4, 0.5) is 0 Å². The molecule has 2 aromatic rings. The lowest BCUT2D eigenvalue weighted by atomic mass is 9.76. The van der Waals surface area contributed by atoms with Crippen LogP contribution in [-0.2, 0) is 4.79 Å². The summed E-state index contributed by atoms with van der Waals surface area (Å²) in [5.74, 6) is 0.120. The summed E-state index contributed by atoms with van der Waals surface area (Å²) in [5.41, 5.74) is 9.44. The third kappa shape index (κ3) is 2.70. The minimum atomic E-state index is -0.404. The number of nitriles is 1. The number of Topliss-reactive ketones (excluding diaryl/α,β-unsaturated/α-hetero) is 1. The van der Waals surface area contributed by atoms with Crippen molar-refractivity contribution < 1.29 is 4.79 Å². The quantitative estimate of drug-likeness (QED) is 0.890. The van der Waals surface area contributed by atoms with Crippen molar-refractivity contribution in [1.82, 2.24) is 10.0 Å². The van der Waals surface area contributed by atoms with Crippen molar-refractivity contribution in [3.8, 4) is 6.07 Å². The summed E-state index contributed by atoms with van der Waals surface area (Å²) < 4.78 is 0. The standard InChI is InChI=1S/C22H22N4O/c1-25(2)26-18-8-5-9-19(27)21(18)20(17(13-23)22(26)24)16-11-10-14-6-3-4-7-15(14)12-16/h3-4,6-7,10-12,20H,5,8-9,24H2,1-2H3/t20-/m0/s1. The molecule has 0 radical (unpaired) electrons. The Bertz CT molecular complexity index is 1040. The first-order valence-electron chi connectivity index (χ1n) is 9.15. The lowest BCUT2D eigenvalue weighted by Gasteiger charge is -2.42. The number of benzene rings is 2. The molecule has 2 N–H and O–H groups in total. The molecule has 136 valence electrons. The smallest absolute Gasteiger partial charge is 0.161 e. The lowest BCUT2D eigenvalue weighted by molar-refractivity contribution is -0.116. The van der Waals surface area contributed by atoms with Crippen molar-refractivity contribution in [3.63, 3.8) is 0 Å². The molecule has 4 rings (SSSR count). The fraction of sp³-hybridized carbons (Fsp3) is 0.273. The Hall–Kier alpha value is -3.10. The average Bonchev–Trinajstić information content (AvgIpc) is 2.66. The molecule has 0 fully saturated rings. The van der Waals surface area contributed by atoms with E-state index >= 15 is 0 Å². The number of hydrogen-bond donors (Lipinski definition) is 1.